The van der Waals surface area contributed by atoms with Crippen LogP contribution in [0.2, 0.25) is 5.02 Å². The first-order valence-corrected chi connectivity index (χ1v) is 4.63. The molecule has 0 heterocycles. The molecule has 1 aromatic carbocycles. The number of hydrogen-bond acceptors (Lipinski definition) is 1. The van der Waals surface area contributed by atoms with Crippen LogP contribution in [-0.2, 0) is 11.2 Å². The number of hydrogen-bond donors (Lipinski definition) is 0. The fourth-order valence-corrected chi connectivity index (χ4v) is 1.32. The van der Waals surface area contributed by atoms with Gasteiger partial charge in [-0.15, -0.1) is 0 Å². The summed E-state index contributed by atoms with van der Waals surface area (Å²) in [6.07, 6.45) is 5.68. The summed E-state index contributed by atoms with van der Waals surface area (Å²) in [4.78, 5) is 0. The Morgan fingerprint density at radius 1 is 1.46 bits per heavy atom. The third kappa shape index (κ3) is 4.00. The molecule has 1 rings (SSSR count). The van der Waals surface area contributed by atoms with Gasteiger partial charge >= 0.3 is 0 Å². The maximum Gasteiger partial charge on any atom is 0.0784 e. The van der Waals surface area contributed by atoms with Crippen LogP contribution in [0.5, 0.6) is 0 Å². The van der Waals surface area contributed by atoms with Crippen molar-refractivity contribution < 1.29 is 4.74 Å². The minimum absolute atomic E-state index is 0.799. The molecule has 70 valence electrons. The van der Waals surface area contributed by atoms with E-state index < -0.39 is 0 Å². The third-order valence-corrected chi connectivity index (χ3v) is 1.96. The van der Waals surface area contributed by atoms with Gasteiger partial charge in [0.25, 0.3) is 0 Å². The SMILES string of the molecule is CO/C=C/CCc1cccc(Cl)c1. The van der Waals surface area contributed by atoms with Gasteiger partial charge in [0.05, 0.1) is 13.4 Å². The van der Waals surface area contributed by atoms with Crippen molar-refractivity contribution in [3.63, 3.8) is 0 Å². The third-order valence-electron chi connectivity index (χ3n) is 1.72. The number of allylic oxidation sites excluding steroid dienone is 1. The van der Waals surface area contributed by atoms with Gasteiger partial charge in [-0.2, -0.15) is 0 Å². The van der Waals surface area contributed by atoms with Crippen LogP contribution >= 0.6 is 11.6 Å². The highest BCUT2D eigenvalue weighted by Crippen LogP contribution is 2.12. The van der Waals surface area contributed by atoms with Crippen molar-refractivity contribution in [1.82, 2.24) is 0 Å². The lowest BCUT2D eigenvalue weighted by Crippen LogP contribution is -1.82. The number of halogens is 1. The fraction of sp³-hybridized carbons (Fsp3) is 0.273. The van der Waals surface area contributed by atoms with E-state index in [4.69, 9.17) is 16.3 Å². The van der Waals surface area contributed by atoms with Crippen molar-refractivity contribution in [2.24, 2.45) is 0 Å². The highest BCUT2D eigenvalue weighted by molar-refractivity contribution is 6.30. The lowest BCUT2D eigenvalue weighted by Gasteiger charge is -1.98. The number of methoxy groups -OCH3 is 1. The summed E-state index contributed by atoms with van der Waals surface area (Å²) in [7, 11) is 1.65. The molecule has 0 spiro atoms. The lowest BCUT2D eigenvalue weighted by molar-refractivity contribution is 0.336. The minimum Gasteiger partial charge on any atom is -0.505 e. The average molecular weight is 197 g/mol. The van der Waals surface area contributed by atoms with Gasteiger partial charge in [0.2, 0.25) is 0 Å². The van der Waals surface area contributed by atoms with Crippen molar-refractivity contribution in [1.29, 1.82) is 0 Å². The molecule has 0 aliphatic carbocycles. The Morgan fingerprint density at radius 2 is 2.31 bits per heavy atom. The van der Waals surface area contributed by atoms with Gasteiger partial charge in [0.1, 0.15) is 0 Å². The van der Waals surface area contributed by atoms with Crippen LogP contribution in [0.4, 0.5) is 0 Å². The molecule has 0 aromatic heterocycles. The largest absolute Gasteiger partial charge is 0.505 e. The van der Waals surface area contributed by atoms with E-state index in [-0.39, 0.29) is 0 Å². The standard InChI is InChI=1S/C11H13ClO/c1-13-8-3-2-5-10-6-4-7-11(12)9-10/h3-4,6-9H,2,5H2,1H3/b8-3+. The highest BCUT2D eigenvalue weighted by atomic mass is 35.5. The van der Waals surface area contributed by atoms with Crippen molar-refractivity contribution >= 4 is 11.6 Å². The normalized spacial score (nSPS) is 10.6. The van der Waals surface area contributed by atoms with E-state index in [1.165, 1.54) is 5.56 Å². The zero-order valence-electron chi connectivity index (χ0n) is 7.66. The summed E-state index contributed by atoms with van der Waals surface area (Å²) < 4.78 is 4.80. The summed E-state index contributed by atoms with van der Waals surface area (Å²) in [6, 6.07) is 7.92. The first-order valence-electron chi connectivity index (χ1n) is 4.25. The minimum atomic E-state index is 0.799. The summed E-state index contributed by atoms with van der Waals surface area (Å²) in [5.41, 5.74) is 1.26. The molecule has 1 nitrogen and oxygen atoms in total. The van der Waals surface area contributed by atoms with Crippen molar-refractivity contribution in [3.05, 3.63) is 47.2 Å². The van der Waals surface area contributed by atoms with Crippen LogP contribution in [0.25, 0.3) is 0 Å². The molecule has 0 saturated carbocycles. The molecule has 0 saturated heterocycles. The zero-order valence-corrected chi connectivity index (χ0v) is 8.42. The van der Waals surface area contributed by atoms with Crippen LogP contribution in [0.3, 0.4) is 0 Å². The quantitative estimate of drug-likeness (QED) is 0.671. The summed E-state index contributed by atoms with van der Waals surface area (Å²) in [5, 5.41) is 0.799. The van der Waals surface area contributed by atoms with Gasteiger partial charge in [0, 0.05) is 5.02 Å². The van der Waals surface area contributed by atoms with Crippen LogP contribution in [0.1, 0.15) is 12.0 Å². The second-order valence-corrected chi connectivity index (χ2v) is 3.21. The Hall–Kier alpha value is -0.950. The topological polar surface area (TPSA) is 9.23 Å². The van der Waals surface area contributed by atoms with Gasteiger partial charge in [0.15, 0.2) is 0 Å². The molecule has 0 atom stereocenters. The summed E-state index contributed by atoms with van der Waals surface area (Å²) in [6.45, 7) is 0. The van der Waals surface area contributed by atoms with Gasteiger partial charge in [-0.05, 0) is 36.6 Å². The smallest absolute Gasteiger partial charge is 0.0784 e. The first kappa shape index (κ1) is 10.1. The number of ether oxygens (including phenoxy) is 1. The summed E-state index contributed by atoms with van der Waals surface area (Å²) in [5.74, 6) is 0. The number of rotatable bonds is 4. The second-order valence-electron chi connectivity index (χ2n) is 2.78. The lowest BCUT2D eigenvalue weighted by atomic mass is 10.1. The van der Waals surface area contributed by atoms with Gasteiger partial charge in [-0.1, -0.05) is 23.7 Å². The average Bonchev–Trinajstić information content (AvgIpc) is 2.13. The Kier molecular flexibility index (Phi) is 4.41. The zero-order chi connectivity index (χ0) is 9.52. The van der Waals surface area contributed by atoms with Gasteiger partial charge in [-0.3, -0.25) is 0 Å². The van der Waals surface area contributed by atoms with Crippen LogP contribution < -0.4 is 0 Å². The predicted molar refractivity (Wildman–Crippen MR) is 55.9 cm³/mol. The van der Waals surface area contributed by atoms with E-state index in [2.05, 4.69) is 6.07 Å². The summed E-state index contributed by atoms with van der Waals surface area (Å²) >= 11 is 5.84. The molecule has 2 heteroatoms. The highest BCUT2D eigenvalue weighted by Gasteiger charge is 1.91. The molecule has 13 heavy (non-hydrogen) atoms. The van der Waals surface area contributed by atoms with E-state index in [1.54, 1.807) is 13.4 Å². The van der Waals surface area contributed by atoms with Crippen molar-refractivity contribution in [2.45, 2.75) is 12.8 Å². The molecular weight excluding hydrogens is 184 g/mol. The number of aryl methyl sites for hydroxylation is 1. The predicted octanol–water partition coefficient (Wildman–Crippen LogP) is 3.43. The molecular formula is C11H13ClO. The maximum atomic E-state index is 5.84. The Labute approximate surface area is 84.0 Å². The van der Waals surface area contributed by atoms with E-state index in [1.807, 2.05) is 24.3 Å². The Balaban J connectivity index is 2.41. The maximum absolute atomic E-state index is 5.84. The Bertz CT molecular complexity index is 281. The Morgan fingerprint density at radius 3 is 3.00 bits per heavy atom. The van der Waals surface area contributed by atoms with E-state index in [9.17, 15) is 0 Å². The van der Waals surface area contributed by atoms with Crippen LogP contribution in [-0.4, -0.2) is 7.11 Å². The molecule has 0 fully saturated rings. The molecule has 0 aliphatic heterocycles. The van der Waals surface area contributed by atoms with Gasteiger partial charge in [-0.25, -0.2) is 0 Å². The van der Waals surface area contributed by atoms with E-state index in [0.29, 0.717) is 0 Å². The van der Waals surface area contributed by atoms with Crippen LogP contribution in [0.15, 0.2) is 36.6 Å². The van der Waals surface area contributed by atoms with Gasteiger partial charge < -0.3 is 4.74 Å². The molecule has 1 aromatic rings. The monoisotopic (exact) mass is 196 g/mol. The molecule has 0 unspecified atom stereocenters. The van der Waals surface area contributed by atoms with Crippen molar-refractivity contribution in [3.8, 4) is 0 Å². The van der Waals surface area contributed by atoms with Crippen molar-refractivity contribution in [2.75, 3.05) is 7.11 Å². The molecule has 0 aliphatic rings. The molecule has 0 bridgehead atoms. The number of benzene rings is 1. The van der Waals surface area contributed by atoms with E-state index >= 15 is 0 Å². The first-order chi connectivity index (χ1) is 6.33. The second kappa shape index (κ2) is 5.65. The fourth-order valence-electron chi connectivity index (χ4n) is 1.11. The molecule has 0 amide bonds. The van der Waals surface area contributed by atoms with E-state index in [0.717, 1.165) is 17.9 Å². The molecule has 0 N–H and O–H groups in total. The van der Waals surface area contributed by atoms with Crippen LogP contribution in [0, 0.1) is 0 Å². The molecule has 0 radical (unpaired) electrons.